The number of nitrogens with one attached hydrogen (secondary N) is 2. The first kappa shape index (κ1) is 23.1. The van der Waals surface area contributed by atoms with Gasteiger partial charge in [0.25, 0.3) is 0 Å². The van der Waals surface area contributed by atoms with Gasteiger partial charge in [-0.15, -0.1) is 24.0 Å². The van der Waals surface area contributed by atoms with Gasteiger partial charge in [0, 0.05) is 41.5 Å². The summed E-state index contributed by atoms with van der Waals surface area (Å²) in [7, 11) is 1.02. The number of hydrogen-bond acceptors (Lipinski definition) is 3. The molecule has 0 aliphatic heterocycles. The third kappa shape index (κ3) is 8.67. The van der Waals surface area contributed by atoms with Gasteiger partial charge in [-0.05, 0) is 40.0 Å². The summed E-state index contributed by atoms with van der Waals surface area (Å²) in [5.74, 6) is 1.59. The Morgan fingerprint density at radius 1 is 1.35 bits per heavy atom. The zero-order valence-corrected chi connectivity index (χ0v) is 18.3. The van der Waals surface area contributed by atoms with Gasteiger partial charge in [0.1, 0.15) is 0 Å². The second-order valence-corrected chi connectivity index (χ2v) is 8.46. The van der Waals surface area contributed by atoms with Gasteiger partial charge >= 0.3 is 0 Å². The van der Waals surface area contributed by atoms with Crippen molar-refractivity contribution in [2.75, 3.05) is 26.0 Å². The number of aliphatic imine (C=N–C) groups is 1. The van der Waals surface area contributed by atoms with E-state index in [-0.39, 0.29) is 29.6 Å². The normalized spacial score (nSPS) is 23.8. The quantitative estimate of drug-likeness (QED) is 0.349. The number of halogens is 1. The third-order valence-electron chi connectivity index (χ3n) is 4.14. The fraction of sp³-hybridized carbons (Fsp3) is 0.938. The molecule has 23 heavy (non-hydrogen) atoms. The van der Waals surface area contributed by atoms with Crippen LogP contribution in [0, 0.1) is 0 Å². The molecule has 1 aliphatic carbocycles. The van der Waals surface area contributed by atoms with Crippen LogP contribution >= 0.6 is 24.0 Å². The van der Waals surface area contributed by atoms with Crippen molar-refractivity contribution in [2.45, 2.75) is 70.3 Å². The molecule has 1 rings (SSSR count). The van der Waals surface area contributed by atoms with Crippen LogP contribution in [-0.4, -0.2) is 53.0 Å². The van der Waals surface area contributed by atoms with E-state index in [1.54, 1.807) is 7.11 Å². The number of hydrogen-bond donors (Lipinski definition) is 2. The topological polar surface area (TPSA) is 62.7 Å². The Morgan fingerprint density at radius 2 is 2.04 bits per heavy atom. The number of guanidine groups is 1. The van der Waals surface area contributed by atoms with Gasteiger partial charge < -0.3 is 15.4 Å². The van der Waals surface area contributed by atoms with E-state index in [0.29, 0.717) is 17.8 Å². The lowest BCUT2D eigenvalue weighted by atomic mass is 9.95. The fourth-order valence-electron chi connectivity index (χ4n) is 2.60. The lowest BCUT2D eigenvalue weighted by molar-refractivity contribution is 0.0310. The molecule has 1 aliphatic rings. The van der Waals surface area contributed by atoms with E-state index in [2.05, 4.69) is 22.5 Å². The summed E-state index contributed by atoms with van der Waals surface area (Å²) in [5, 5.41) is 7.13. The van der Waals surface area contributed by atoms with Crippen LogP contribution in [0.1, 0.15) is 53.4 Å². The highest BCUT2D eigenvalue weighted by molar-refractivity contribution is 14.0. The maximum Gasteiger partial charge on any atom is 0.191 e. The number of nitrogens with zero attached hydrogens (tertiary/aromatic N) is 1. The van der Waals surface area contributed by atoms with Crippen LogP contribution in [0.3, 0.4) is 0 Å². The molecular weight excluding hydrogens is 425 g/mol. The Hall–Kier alpha value is 0.110. The van der Waals surface area contributed by atoms with E-state index in [1.165, 1.54) is 0 Å². The second-order valence-electron chi connectivity index (χ2n) is 6.46. The fourth-order valence-corrected chi connectivity index (χ4v) is 3.95. The lowest BCUT2D eigenvalue weighted by Gasteiger charge is -2.30. The van der Waals surface area contributed by atoms with E-state index in [4.69, 9.17) is 4.74 Å². The first-order chi connectivity index (χ1) is 10.4. The van der Waals surface area contributed by atoms with Crippen molar-refractivity contribution in [1.29, 1.82) is 0 Å². The Balaban J connectivity index is 0.00000484. The summed E-state index contributed by atoms with van der Waals surface area (Å²) >= 11 is 0. The van der Waals surface area contributed by atoms with E-state index in [9.17, 15) is 4.21 Å². The summed E-state index contributed by atoms with van der Waals surface area (Å²) in [6, 6.07) is 0.359. The Labute approximate surface area is 161 Å². The zero-order chi connectivity index (χ0) is 16.6. The molecule has 0 heterocycles. The van der Waals surface area contributed by atoms with Crippen LogP contribution in [0.4, 0.5) is 0 Å². The minimum absolute atomic E-state index is 0. The zero-order valence-electron chi connectivity index (χ0n) is 15.2. The maximum atomic E-state index is 12.0. The molecule has 0 radical (unpaired) electrons. The monoisotopic (exact) mass is 459 g/mol. The number of ether oxygens (including phenoxy) is 1. The smallest absolute Gasteiger partial charge is 0.191 e. The molecule has 0 aromatic carbocycles. The molecule has 0 aromatic rings. The summed E-state index contributed by atoms with van der Waals surface area (Å²) in [6.07, 6.45) is 4.31. The molecule has 3 unspecified atom stereocenters. The highest BCUT2D eigenvalue weighted by Gasteiger charge is 2.26. The van der Waals surface area contributed by atoms with Gasteiger partial charge in [0.15, 0.2) is 5.96 Å². The molecule has 1 saturated carbocycles. The van der Waals surface area contributed by atoms with Crippen molar-refractivity contribution in [3.05, 3.63) is 0 Å². The second kappa shape index (κ2) is 11.6. The van der Waals surface area contributed by atoms with Crippen molar-refractivity contribution in [2.24, 2.45) is 4.99 Å². The van der Waals surface area contributed by atoms with E-state index in [1.807, 2.05) is 20.8 Å². The predicted octanol–water partition coefficient (Wildman–Crippen LogP) is 2.66. The van der Waals surface area contributed by atoms with Gasteiger partial charge in [-0.3, -0.25) is 9.20 Å². The number of rotatable bonds is 7. The van der Waals surface area contributed by atoms with Crippen molar-refractivity contribution in [3.8, 4) is 0 Å². The molecule has 0 aromatic heterocycles. The summed E-state index contributed by atoms with van der Waals surface area (Å²) in [6.45, 7) is 9.56. The largest absolute Gasteiger partial charge is 0.377 e. The molecule has 1 fully saturated rings. The lowest BCUT2D eigenvalue weighted by Crippen LogP contribution is -2.47. The first-order valence-electron chi connectivity index (χ1n) is 8.39. The highest BCUT2D eigenvalue weighted by atomic mass is 127. The summed E-state index contributed by atoms with van der Waals surface area (Å²) in [4.78, 5) is 4.63. The first-order valence-corrected chi connectivity index (χ1v) is 9.77. The summed E-state index contributed by atoms with van der Waals surface area (Å²) in [5.41, 5.74) is -0.263. The highest BCUT2D eigenvalue weighted by Crippen LogP contribution is 2.23. The molecule has 138 valence electrons. The minimum Gasteiger partial charge on any atom is -0.377 e. The van der Waals surface area contributed by atoms with Crippen LogP contribution < -0.4 is 10.6 Å². The Morgan fingerprint density at radius 3 is 2.61 bits per heavy atom. The van der Waals surface area contributed by atoms with Crippen LogP contribution in [0.5, 0.6) is 0 Å². The van der Waals surface area contributed by atoms with Gasteiger partial charge in [0.2, 0.25) is 0 Å². The third-order valence-corrected chi connectivity index (χ3v) is 5.88. The van der Waals surface area contributed by atoms with E-state index < -0.39 is 10.8 Å². The Kier molecular flexibility index (Phi) is 11.7. The van der Waals surface area contributed by atoms with Crippen molar-refractivity contribution >= 4 is 40.7 Å². The molecule has 0 bridgehead atoms. The molecule has 5 nitrogen and oxygen atoms in total. The van der Waals surface area contributed by atoms with E-state index >= 15 is 0 Å². The van der Waals surface area contributed by atoms with Gasteiger partial charge in [-0.25, -0.2) is 0 Å². The van der Waals surface area contributed by atoms with Gasteiger partial charge in [0.05, 0.1) is 12.1 Å². The summed E-state index contributed by atoms with van der Waals surface area (Å²) < 4.78 is 17.5. The molecule has 3 atom stereocenters. The molecule has 0 amide bonds. The molecule has 7 heteroatoms. The maximum absolute atomic E-state index is 12.0. The average molecular weight is 459 g/mol. The molecule has 0 spiro atoms. The van der Waals surface area contributed by atoms with E-state index in [0.717, 1.165) is 43.9 Å². The standard InChI is InChI=1S/C16H33N3O2S.HI/c1-6-17-15(18-12-16(3,4)21-5)19-13-9-8-10-14(11-13)22(20)7-2;/h13-14H,6-12H2,1-5H3,(H2,17,18,19);1H. The van der Waals surface area contributed by atoms with Crippen LogP contribution in [-0.2, 0) is 15.5 Å². The van der Waals surface area contributed by atoms with Crippen LogP contribution in [0.2, 0.25) is 0 Å². The molecular formula is C16H34IN3O2S. The molecule has 0 saturated heterocycles. The number of methoxy groups -OCH3 is 1. The SMILES string of the molecule is CCNC(=NCC(C)(C)OC)NC1CCCC(S(=O)CC)C1.I. The van der Waals surface area contributed by atoms with Gasteiger partial charge in [-0.2, -0.15) is 0 Å². The average Bonchev–Trinajstić information content (AvgIpc) is 2.52. The van der Waals surface area contributed by atoms with Crippen LogP contribution in [0.15, 0.2) is 4.99 Å². The van der Waals surface area contributed by atoms with Gasteiger partial charge in [-0.1, -0.05) is 13.3 Å². The van der Waals surface area contributed by atoms with Crippen molar-refractivity contribution in [1.82, 2.24) is 10.6 Å². The molecule has 2 N–H and O–H groups in total. The minimum atomic E-state index is -0.692. The predicted molar refractivity (Wildman–Crippen MR) is 110 cm³/mol. The van der Waals surface area contributed by atoms with Crippen molar-refractivity contribution < 1.29 is 8.95 Å². The van der Waals surface area contributed by atoms with Crippen LogP contribution in [0.25, 0.3) is 0 Å². The Bertz CT molecular complexity index is 392. The van der Waals surface area contributed by atoms with Crippen molar-refractivity contribution in [3.63, 3.8) is 0 Å².